The Balaban J connectivity index is 1.82. The molecule has 0 aromatic heterocycles. The number of ether oxygens (including phenoxy) is 1. The molecule has 0 spiro atoms. The number of thiocarbonyl (C=S) groups is 1. The predicted octanol–water partition coefficient (Wildman–Crippen LogP) is 4.16. The van der Waals surface area contributed by atoms with Crippen molar-refractivity contribution in [1.82, 2.24) is 5.32 Å². The van der Waals surface area contributed by atoms with Gasteiger partial charge < -0.3 is 10.1 Å². The van der Waals surface area contributed by atoms with E-state index in [0.29, 0.717) is 5.69 Å². The zero-order chi connectivity index (χ0) is 18.9. The maximum Gasteiger partial charge on any atom is 0.573 e. The second-order valence-corrected chi connectivity index (χ2v) is 5.97. The monoisotopic (exact) mass is 378 g/mol. The van der Waals surface area contributed by atoms with E-state index in [2.05, 4.69) is 10.1 Å². The molecule has 8 heteroatoms. The van der Waals surface area contributed by atoms with Gasteiger partial charge in [0.2, 0.25) is 0 Å². The van der Waals surface area contributed by atoms with Crippen LogP contribution in [0.4, 0.5) is 18.9 Å². The van der Waals surface area contributed by atoms with E-state index in [0.717, 1.165) is 23.3 Å². The third kappa shape index (κ3) is 4.02. The smallest absolute Gasteiger partial charge is 0.406 e. The molecule has 1 aliphatic heterocycles. The molecule has 4 nitrogen and oxygen atoms in total. The zero-order valence-corrected chi connectivity index (χ0v) is 14.3. The third-order valence-corrected chi connectivity index (χ3v) is 3.88. The molecule has 134 valence electrons. The Labute approximate surface area is 152 Å². The number of carbonyl (C=O) groups excluding carboxylic acids is 1. The predicted molar refractivity (Wildman–Crippen MR) is 95.5 cm³/mol. The molecule has 0 aliphatic carbocycles. The topological polar surface area (TPSA) is 41.6 Å². The van der Waals surface area contributed by atoms with E-state index in [1.165, 1.54) is 17.0 Å². The average molecular weight is 378 g/mol. The summed E-state index contributed by atoms with van der Waals surface area (Å²) in [6.45, 7) is 1.96. The fraction of sp³-hybridized carbons (Fsp3) is 0.111. The highest BCUT2D eigenvalue weighted by Gasteiger charge is 2.33. The van der Waals surface area contributed by atoms with Crippen molar-refractivity contribution in [2.24, 2.45) is 0 Å². The minimum Gasteiger partial charge on any atom is -0.406 e. The van der Waals surface area contributed by atoms with Crippen LogP contribution in [0.25, 0.3) is 6.08 Å². The van der Waals surface area contributed by atoms with Crippen LogP contribution in [0.3, 0.4) is 0 Å². The van der Waals surface area contributed by atoms with Crippen LogP contribution in [0.1, 0.15) is 11.1 Å². The highest BCUT2D eigenvalue weighted by molar-refractivity contribution is 7.80. The Bertz CT molecular complexity index is 875. The second kappa shape index (κ2) is 6.80. The van der Waals surface area contributed by atoms with Gasteiger partial charge in [-0.2, -0.15) is 0 Å². The van der Waals surface area contributed by atoms with E-state index >= 15 is 0 Å². The van der Waals surface area contributed by atoms with Gasteiger partial charge in [-0.05, 0) is 55.0 Å². The van der Waals surface area contributed by atoms with E-state index in [4.69, 9.17) is 12.2 Å². The van der Waals surface area contributed by atoms with E-state index < -0.39 is 6.36 Å². The average Bonchev–Trinajstić information content (AvgIpc) is 2.83. The molecule has 2 aromatic rings. The summed E-state index contributed by atoms with van der Waals surface area (Å²) in [4.78, 5) is 13.8. The standard InChI is InChI=1S/C18H13F3N2O2S/c1-11-2-4-12(5-3-11)10-15-16(24)23(17(26)22-15)13-6-8-14(9-7-13)25-18(19,20)21/h2-10H,1H3,(H,22,26)/b15-10-. The molecule has 1 N–H and O–H groups in total. The normalized spacial score (nSPS) is 16.2. The summed E-state index contributed by atoms with van der Waals surface area (Å²) in [6, 6.07) is 12.5. The lowest BCUT2D eigenvalue weighted by Crippen LogP contribution is -2.30. The van der Waals surface area contributed by atoms with Gasteiger partial charge in [-0.3, -0.25) is 9.69 Å². The van der Waals surface area contributed by atoms with Crippen LogP contribution in [0.2, 0.25) is 0 Å². The van der Waals surface area contributed by atoms with Crippen LogP contribution in [-0.4, -0.2) is 17.4 Å². The molecule has 1 fully saturated rings. The first-order valence-corrected chi connectivity index (χ1v) is 7.93. The van der Waals surface area contributed by atoms with Gasteiger partial charge in [0.05, 0.1) is 5.69 Å². The Morgan fingerprint density at radius 1 is 1.08 bits per heavy atom. The van der Waals surface area contributed by atoms with Crippen LogP contribution in [0.5, 0.6) is 5.75 Å². The zero-order valence-electron chi connectivity index (χ0n) is 13.5. The fourth-order valence-corrected chi connectivity index (χ4v) is 2.69. The molecule has 3 rings (SSSR count). The molecule has 1 heterocycles. The number of nitrogens with zero attached hydrogens (tertiary/aromatic N) is 1. The minimum atomic E-state index is -4.77. The minimum absolute atomic E-state index is 0.151. The summed E-state index contributed by atoms with van der Waals surface area (Å²) < 4.78 is 40.5. The highest BCUT2D eigenvalue weighted by atomic mass is 32.1. The van der Waals surface area contributed by atoms with E-state index in [9.17, 15) is 18.0 Å². The molecule has 0 atom stereocenters. The summed E-state index contributed by atoms with van der Waals surface area (Å²) in [7, 11) is 0. The maximum absolute atomic E-state index is 12.6. The van der Waals surface area contributed by atoms with Gasteiger partial charge in [0, 0.05) is 0 Å². The number of halogens is 3. The maximum atomic E-state index is 12.6. The first-order chi connectivity index (χ1) is 12.2. The van der Waals surface area contributed by atoms with E-state index in [1.807, 2.05) is 31.2 Å². The van der Waals surface area contributed by atoms with Crippen molar-refractivity contribution in [3.05, 3.63) is 65.4 Å². The summed E-state index contributed by atoms with van der Waals surface area (Å²) in [6.07, 6.45) is -3.11. The number of carbonyl (C=O) groups is 1. The van der Waals surface area contributed by atoms with Gasteiger partial charge in [-0.15, -0.1) is 13.2 Å². The van der Waals surface area contributed by atoms with Crippen molar-refractivity contribution in [3.8, 4) is 5.75 Å². The van der Waals surface area contributed by atoms with Gasteiger partial charge >= 0.3 is 6.36 Å². The van der Waals surface area contributed by atoms with Crippen molar-refractivity contribution in [2.45, 2.75) is 13.3 Å². The summed E-state index contributed by atoms with van der Waals surface area (Å²) in [5.74, 6) is -0.762. The Kier molecular flexibility index (Phi) is 4.69. The number of hydrogen-bond donors (Lipinski definition) is 1. The summed E-state index contributed by atoms with van der Waals surface area (Å²) in [5.41, 5.74) is 2.55. The van der Waals surface area contributed by atoms with E-state index in [1.54, 1.807) is 6.08 Å². The lowest BCUT2D eigenvalue weighted by atomic mass is 10.1. The molecule has 1 aliphatic rings. The largest absolute Gasteiger partial charge is 0.573 e. The lowest BCUT2D eigenvalue weighted by Gasteiger charge is -2.15. The number of hydrogen-bond acceptors (Lipinski definition) is 3. The molecule has 2 aromatic carbocycles. The third-order valence-electron chi connectivity index (χ3n) is 3.60. The SMILES string of the molecule is Cc1ccc(/C=C2\NC(=S)N(c3ccc(OC(F)(F)F)cc3)C2=O)cc1. The van der Waals surface area contributed by atoms with Crippen molar-refractivity contribution >= 4 is 35.0 Å². The van der Waals surface area contributed by atoms with Gasteiger partial charge in [0.25, 0.3) is 5.91 Å². The van der Waals surface area contributed by atoms with E-state index in [-0.39, 0.29) is 22.5 Å². The summed E-state index contributed by atoms with van der Waals surface area (Å²) >= 11 is 5.18. The molecule has 26 heavy (non-hydrogen) atoms. The highest BCUT2D eigenvalue weighted by Crippen LogP contribution is 2.27. The first-order valence-electron chi connectivity index (χ1n) is 7.52. The Morgan fingerprint density at radius 3 is 2.27 bits per heavy atom. The van der Waals surface area contributed by atoms with Crippen LogP contribution < -0.4 is 15.0 Å². The van der Waals surface area contributed by atoms with Gasteiger partial charge in [0.15, 0.2) is 5.11 Å². The van der Waals surface area contributed by atoms with Crippen LogP contribution >= 0.6 is 12.2 Å². The first kappa shape index (κ1) is 17.9. The molecule has 0 saturated carbocycles. The second-order valence-electron chi connectivity index (χ2n) is 5.58. The Hall–Kier alpha value is -2.87. The molecule has 0 unspecified atom stereocenters. The number of aryl methyl sites for hydroxylation is 1. The van der Waals surface area contributed by atoms with Crippen LogP contribution in [-0.2, 0) is 4.79 Å². The van der Waals surface area contributed by atoms with Gasteiger partial charge in [-0.1, -0.05) is 29.8 Å². The van der Waals surface area contributed by atoms with Crippen molar-refractivity contribution in [3.63, 3.8) is 0 Å². The molecule has 0 bridgehead atoms. The Morgan fingerprint density at radius 2 is 1.69 bits per heavy atom. The number of benzene rings is 2. The molecule has 0 radical (unpaired) electrons. The van der Waals surface area contributed by atoms with Crippen molar-refractivity contribution in [2.75, 3.05) is 4.90 Å². The molecule has 1 saturated heterocycles. The van der Waals surface area contributed by atoms with Gasteiger partial charge in [-0.25, -0.2) is 0 Å². The number of amides is 1. The quantitative estimate of drug-likeness (QED) is 0.643. The lowest BCUT2D eigenvalue weighted by molar-refractivity contribution is -0.274. The number of rotatable bonds is 3. The van der Waals surface area contributed by atoms with Crippen LogP contribution in [0, 0.1) is 6.92 Å². The number of anilines is 1. The number of nitrogens with one attached hydrogen (secondary N) is 1. The fourth-order valence-electron chi connectivity index (χ4n) is 2.40. The molecular formula is C18H13F3N2O2S. The number of alkyl halides is 3. The van der Waals surface area contributed by atoms with Crippen molar-refractivity contribution in [1.29, 1.82) is 0 Å². The molecule has 1 amide bonds. The van der Waals surface area contributed by atoms with Crippen LogP contribution in [0.15, 0.2) is 54.2 Å². The van der Waals surface area contributed by atoms with Gasteiger partial charge in [0.1, 0.15) is 11.4 Å². The summed E-state index contributed by atoms with van der Waals surface area (Å²) in [5, 5.41) is 2.98. The molecular weight excluding hydrogens is 365 g/mol. The van der Waals surface area contributed by atoms with Crippen molar-refractivity contribution < 1.29 is 22.7 Å².